The van der Waals surface area contributed by atoms with Crippen LogP contribution in [0.4, 0.5) is 11.4 Å². The van der Waals surface area contributed by atoms with Crippen molar-refractivity contribution < 1.29 is 0 Å². The van der Waals surface area contributed by atoms with Crippen molar-refractivity contribution in [3.63, 3.8) is 0 Å². The molecule has 0 saturated carbocycles. The van der Waals surface area contributed by atoms with E-state index >= 15 is 0 Å². The highest BCUT2D eigenvalue weighted by atomic mass is 14.9. The van der Waals surface area contributed by atoms with E-state index in [-0.39, 0.29) is 0 Å². The van der Waals surface area contributed by atoms with Crippen molar-refractivity contribution in [2.24, 2.45) is 0 Å². The molecule has 2 heteroatoms. The average molecular weight is 187 g/mol. The molecule has 2 N–H and O–H groups in total. The van der Waals surface area contributed by atoms with Gasteiger partial charge < -0.3 is 10.6 Å². The van der Waals surface area contributed by atoms with E-state index in [1.807, 2.05) is 26.0 Å². The van der Waals surface area contributed by atoms with E-state index in [9.17, 15) is 0 Å². The maximum Gasteiger partial charge on any atom is 0.0454 e. The maximum absolute atomic E-state index is 5.36. The fourth-order valence-corrected chi connectivity index (χ4v) is 1.22. The monoisotopic (exact) mass is 187 g/mol. The first kappa shape index (κ1) is 10.5. The zero-order valence-electron chi connectivity index (χ0n) is 8.65. The van der Waals surface area contributed by atoms with Gasteiger partial charge in [-0.3, -0.25) is 0 Å². The zero-order chi connectivity index (χ0) is 10.4. The van der Waals surface area contributed by atoms with Crippen LogP contribution >= 0.6 is 0 Å². The van der Waals surface area contributed by atoms with E-state index in [0.29, 0.717) is 0 Å². The number of nitrogens with one attached hydrogen (secondary N) is 2. The predicted octanol–water partition coefficient (Wildman–Crippen LogP) is 2.33. The van der Waals surface area contributed by atoms with Gasteiger partial charge in [-0.15, -0.1) is 6.42 Å². The predicted molar refractivity (Wildman–Crippen MR) is 61.5 cm³/mol. The number of hydrogen-bond acceptors (Lipinski definition) is 2. The summed E-state index contributed by atoms with van der Waals surface area (Å²) in [6, 6.07) is 7.05. The Morgan fingerprint density at radius 2 is 1.71 bits per heavy atom. The molecule has 2 nitrogen and oxygen atoms in total. The van der Waals surface area contributed by atoms with Crippen molar-refractivity contribution in [3.05, 3.63) is 23.8 Å². The molecular weight excluding hydrogens is 172 g/mol. The van der Waals surface area contributed by atoms with Crippen LogP contribution in [0.1, 0.15) is 19.4 Å². The van der Waals surface area contributed by atoms with Crippen molar-refractivity contribution in [1.82, 2.24) is 0 Å². The summed E-state index contributed by atoms with van der Waals surface area (Å²) in [5, 5.41) is 6.38. The molecule has 1 rings (SSSR count). The molecule has 0 amide bonds. The summed E-state index contributed by atoms with van der Waals surface area (Å²) in [5.74, 6) is 2.62. The van der Waals surface area contributed by atoms with Gasteiger partial charge in [0.05, 0.1) is 0 Å². The summed E-state index contributed by atoms with van der Waals surface area (Å²) in [7, 11) is 0. The summed E-state index contributed by atoms with van der Waals surface area (Å²) >= 11 is 0. The first-order valence-electron chi connectivity index (χ1n) is 4.81. The molecule has 73 valence electrons. The van der Waals surface area contributed by atoms with E-state index in [2.05, 4.69) is 22.6 Å². The van der Waals surface area contributed by atoms with Gasteiger partial charge in [0.2, 0.25) is 0 Å². The molecule has 0 unspecified atom stereocenters. The standard InChI is InChI=1S/C12H15N2/c1-4-10-7-11(13-5-2)9-12(8-10)14-6-3/h1,7-8,13-14H,5-6H2,2-3H3. The van der Waals surface area contributed by atoms with Crippen LogP contribution in [-0.2, 0) is 0 Å². The molecule has 0 saturated heterocycles. The van der Waals surface area contributed by atoms with E-state index in [0.717, 1.165) is 30.0 Å². The van der Waals surface area contributed by atoms with Crippen molar-refractivity contribution in [2.45, 2.75) is 13.8 Å². The topological polar surface area (TPSA) is 24.1 Å². The van der Waals surface area contributed by atoms with Crippen LogP contribution in [-0.4, -0.2) is 13.1 Å². The van der Waals surface area contributed by atoms with Crippen LogP contribution < -0.4 is 10.6 Å². The van der Waals surface area contributed by atoms with Gasteiger partial charge in [-0.1, -0.05) is 5.92 Å². The maximum atomic E-state index is 5.36. The highest BCUT2D eigenvalue weighted by molar-refractivity contribution is 5.60. The summed E-state index contributed by atoms with van der Waals surface area (Å²) in [6.45, 7) is 5.83. The second kappa shape index (κ2) is 5.18. The quantitative estimate of drug-likeness (QED) is 0.707. The first-order valence-corrected chi connectivity index (χ1v) is 4.81. The lowest BCUT2D eigenvalue weighted by Crippen LogP contribution is -2.01. The lowest BCUT2D eigenvalue weighted by molar-refractivity contribution is 1.19. The number of hydrogen-bond donors (Lipinski definition) is 2. The van der Waals surface area contributed by atoms with E-state index < -0.39 is 0 Å². The largest absolute Gasteiger partial charge is 0.385 e. The van der Waals surface area contributed by atoms with E-state index in [1.54, 1.807) is 0 Å². The lowest BCUT2D eigenvalue weighted by atomic mass is 10.2. The molecule has 14 heavy (non-hydrogen) atoms. The fourth-order valence-electron chi connectivity index (χ4n) is 1.22. The number of anilines is 2. The third-order valence-electron chi connectivity index (χ3n) is 1.77. The second-order valence-corrected chi connectivity index (χ2v) is 2.90. The van der Waals surface area contributed by atoms with Gasteiger partial charge in [-0.25, -0.2) is 0 Å². The number of benzene rings is 1. The minimum absolute atomic E-state index is 0.871. The zero-order valence-corrected chi connectivity index (χ0v) is 8.65. The van der Waals surface area contributed by atoms with Crippen LogP contribution in [0, 0.1) is 18.4 Å². The molecule has 0 atom stereocenters. The normalized spacial score (nSPS) is 9.21. The number of rotatable bonds is 4. The minimum atomic E-state index is 0.871. The fraction of sp³-hybridized carbons (Fsp3) is 0.333. The molecule has 0 heterocycles. The number of terminal acetylenes is 1. The Morgan fingerprint density at radius 3 is 2.07 bits per heavy atom. The smallest absolute Gasteiger partial charge is 0.0454 e. The van der Waals surface area contributed by atoms with Crippen LogP contribution in [0.15, 0.2) is 12.1 Å². The Balaban J connectivity index is 2.95. The molecule has 1 aromatic rings. The summed E-state index contributed by atoms with van der Waals surface area (Å²) in [6.07, 6.45) is 5.36. The van der Waals surface area contributed by atoms with E-state index in [1.165, 1.54) is 0 Å². The van der Waals surface area contributed by atoms with Gasteiger partial charge in [-0.2, -0.15) is 0 Å². The summed E-state index contributed by atoms with van der Waals surface area (Å²) in [4.78, 5) is 0. The van der Waals surface area contributed by atoms with Crippen molar-refractivity contribution in [1.29, 1.82) is 0 Å². The lowest BCUT2D eigenvalue weighted by Gasteiger charge is -2.08. The van der Waals surface area contributed by atoms with Gasteiger partial charge in [0.15, 0.2) is 0 Å². The Hall–Kier alpha value is -1.62. The molecule has 0 aliphatic heterocycles. The molecular formula is C12H15N2. The Morgan fingerprint density at radius 1 is 1.21 bits per heavy atom. The van der Waals surface area contributed by atoms with Gasteiger partial charge in [0, 0.05) is 36.1 Å². The molecule has 0 aliphatic carbocycles. The van der Waals surface area contributed by atoms with Gasteiger partial charge in [0.25, 0.3) is 0 Å². The van der Waals surface area contributed by atoms with Crippen LogP contribution in [0.25, 0.3) is 0 Å². The van der Waals surface area contributed by atoms with Gasteiger partial charge in [-0.05, 0) is 26.0 Å². The van der Waals surface area contributed by atoms with Gasteiger partial charge >= 0.3 is 0 Å². The summed E-state index contributed by atoms with van der Waals surface area (Å²) < 4.78 is 0. The Bertz CT molecular complexity index is 312. The molecule has 0 aliphatic rings. The molecule has 1 radical (unpaired) electrons. The minimum Gasteiger partial charge on any atom is -0.385 e. The third kappa shape index (κ3) is 2.70. The Labute approximate surface area is 85.7 Å². The van der Waals surface area contributed by atoms with Crippen LogP contribution in [0.3, 0.4) is 0 Å². The molecule has 0 spiro atoms. The highest BCUT2D eigenvalue weighted by Crippen LogP contribution is 2.17. The molecule has 0 aromatic heterocycles. The van der Waals surface area contributed by atoms with Crippen molar-refractivity contribution in [2.75, 3.05) is 23.7 Å². The molecule has 0 fully saturated rings. The highest BCUT2D eigenvalue weighted by Gasteiger charge is 1.98. The molecule has 1 aromatic carbocycles. The van der Waals surface area contributed by atoms with Gasteiger partial charge in [0.1, 0.15) is 0 Å². The first-order chi connectivity index (χ1) is 6.80. The second-order valence-electron chi connectivity index (χ2n) is 2.90. The average Bonchev–Trinajstić information content (AvgIpc) is 2.18. The Kier molecular flexibility index (Phi) is 3.87. The summed E-state index contributed by atoms with van der Waals surface area (Å²) in [5.41, 5.74) is 2.76. The van der Waals surface area contributed by atoms with E-state index in [4.69, 9.17) is 6.42 Å². The van der Waals surface area contributed by atoms with Crippen molar-refractivity contribution >= 4 is 11.4 Å². The van der Waals surface area contributed by atoms with Crippen LogP contribution in [0.2, 0.25) is 0 Å². The molecule has 0 bridgehead atoms. The third-order valence-corrected chi connectivity index (χ3v) is 1.77. The van der Waals surface area contributed by atoms with Crippen LogP contribution in [0.5, 0.6) is 0 Å². The van der Waals surface area contributed by atoms with Crippen molar-refractivity contribution in [3.8, 4) is 12.3 Å². The SMILES string of the molecule is C#Cc1cc(NCC)[c]c(NCC)c1.